The molecule has 0 spiro atoms. The van der Waals surface area contributed by atoms with Gasteiger partial charge in [0.1, 0.15) is 0 Å². The molecule has 0 fully saturated rings. The zero-order valence-electron chi connectivity index (χ0n) is 11.8. The number of hydrogen-bond donors (Lipinski definition) is 1. The van der Waals surface area contributed by atoms with Crippen molar-refractivity contribution < 1.29 is 0 Å². The lowest BCUT2D eigenvalue weighted by molar-refractivity contribution is 0.540. The van der Waals surface area contributed by atoms with Crippen molar-refractivity contribution in [2.45, 2.75) is 89.9 Å². The fourth-order valence-electron chi connectivity index (χ4n) is 2.21. The van der Waals surface area contributed by atoms with E-state index in [0.29, 0.717) is 0 Å². The Balaban J connectivity index is 2.85. The molecule has 0 heterocycles. The molecule has 0 rings (SSSR count). The summed E-state index contributed by atoms with van der Waals surface area (Å²) in [6, 6.07) is 0. The highest BCUT2D eigenvalue weighted by atomic mass is 14.5. The SMILES string of the molecule is [CH2]CCCCCCCCCCCCCC[CH]N. The first kappa shape index (κ1) is 17.0. The molecule has 102 valence electrons. The molecule has 17 heavy (non-hydrogen) atoms. The molecule has 2 radical (unpaired) electrons. The Labute approximate surface area is 110 Å². The quantitative estimate of drug-likeness (QED) is 0.403. The standard InChI is InChI=1S/C16H33N/c1-2-3-4-5-6-7-8-9-10-11-12-13-14-15-16-17/h16H,1-15,17H2. The van der Waals surface area contributed by atoms with Gasteiger partial charge in [0.15, 0.2) is 0 Å². The van der Waals surface area contributed by atoms with Crippen molar-refractivity contribution in [3.8, 4) is 0 Å². The summed E-state index contributed by atoms with van der Waals surface area (Å²) >= 11 is 0. The fraction of sp³-hybridized carbons (Fsp3) is 0.875. The molecule has 0 aliphatic carbocycles. The van der Waals surface area contributed by atoms with Gasteiger partial charge in [-0.25, -0.2) is 0 Å². The summed E-state index contributed by atoms with van der Waals surface area (Å²) in [7, 11) is 0. The summed E-state index contributed by atoms with van der Waals surface area (Å²) in [6.07, 6.45) is 19.0. The molecule has 1 nitrogen and oxygen atoms in total. The van der Waals surface area contributed by atoms with Crippen LogP contribution in [0.4, 0.5) is 0 Å². The third kappa shape index (κ3) is 16.0. The molecule has 2 N–H and O–H groups in total. The highest BCUT2D eigenvalue weighted by Crippen LogP contribution is 2.12. The Morgan fingerprint density at radius 3 is 1.29 bits per heavy atom. The monoisotopic (exact) mass is 239 g/mol. The van der Waals surface area contributed by atoms with Crippen LogP contribution in [0.1, 0.15) is 89.9 Å². The minimum absolute atomic E-state index is 1.09. The van der Waals surface area contributed by atoms with E-state index in [1.54, 1.807) is 6.54 Å². The Bertz CT molecular complexity index is 109. The molecule has 0 amide bonds. The van der Waals surface area contributed by atoms with E-state index in [0.717, 1.165) is 12.8 Å². The highest BCUT2D eigenvalue weighted by Gasteiger charge is 1.93. The van der Waals surface area contributed by atoms with Gasteiger partial charge in [-0.05, 0) is 6.42 Å². The molecule has 0 aliphatic heterocycles. The molecule has 1 heteroatoms. The fourth-order valence-corrected chi connectivity index (χ4v) is 2.21. The number of unbranched alkanes of at least 4 members (excludes halogenated alkanes) is 13. The van der Waals surface area contributed by atoms with Crippen molar-refractivity contribution in [3.63, 3.8) is 0 Å². The largest absolute Gasteiger partial charge is 0.326 e. The molecule has 0 aliphatic rings. The lowest BCUT2D eigenvalue weighted by Crippen LogP contribution is -1.89. The molecule has 0 bridgehead atoms. The average molecular weight is 239 g/mol. The van der Waals surface area contributed by atoms with Crippen LogP contribution in [0.25, 0.3) is 0 Å². The van der Waals surface area contributed by atoms with E-state index >= 15 is 0 Å². The van der Waals surface area contributed by atoms with Crippen molar-refractivity contribution in [2.75, 3.05) is 0 Å². The van der Waals surface area contributed by atoms with Crippen molar-refractivity contribution >= 4 is 0 Å². The van der Waals surface area contributed by atoms with Gasteiger partial charge in [-0.2, -0.15) is 0 Å². The lowest BCUT2D eigenvalue weighted by atomic mass is 10.0. The summed E-state index contributed by atoms with van der Waals surface area (Å²) in [6.45, 7) is 5.66. The van der Waals surface area contributed by atoms with Crippen molar-refractivity contribution in [1.29, 1.82) is 0 Å². The molecular formula is C16H33N. The van der Waals surface area contributed by atoms with Gasteiger partial charge in [0.25, 0.3) is 0 Å². The second-order valence-electron chi connectivity index (χ2n) is 5.12. The number of nitrogens with two attached hydrogens (primary N) is 1. The second-order valence-corrected chi connectivity index (χ2v) is 5.12. The lowest BCUT2D eigenvalue weighted by Gasteiger charge is -2.02. The highest BCUT2D eigenvalue weighted by molar-refractivity contribution is 4.54. The van der Waals surface area contributed by atoms with Crippen LogP contribution in [0.3, 0.4) is 0 Å². The van der Waals surface area contributed by atoms with Gasteiger partial charge in [0.2, 0.25) is 0 Å². The van der Waals surface area contributed by atoms with Gasteiger partial charge in [-0.15, -0.1) is 0 Å². The molecule has 0 aromatic carbocycles. The summed E-state index contributed by atoms with van der Waals surface area (Å²) in [5.74, 6) is 0. The smallest absolute Gasteiger partial charge is 0.0192 e. The Kier molecular flexibility index (Phi) is 15.9. The van der Waals surface area contributed by atoms with E-state index in [9.17, 15) is 0 Å². The predicted molar refractivity (Wildman–Crippen MR) is 78.5 cm³/mol. The van der Waals surface area contributed by atoms with Crippen molar-refractivity contribution in [2.24, 2.45) is 5.73 Å². The molecule has 0 aromatic rings. The van der Waals surface area contributed by atoms with Gasteiger partial charge >= 0.3 is 0 Å². The maximum Gasteiger partial charge on any atom is 0.0192 e. The predicted octanol–water partition coefficient (Wildman–Crippen LogP) is 5.40. The first-order chi connectivity index (χ1) is 8.41. The van der Waals surface area contributed by atoms with Gasteiger partial charge in [0, 0.05) is 6.54 Å². The third-order valence-corrected chi connectivity index (χ3v) is 3.37. The molecule has 0 saturated carbocycles. The van der Waals surface area contributed by atoms with Crippen LogP contribution in [0.2, 0.25) is 0 Å². The molecule has 0 unspecified atom stereocenters. The Hall–Kier alpha value is -0.0400. The van der Waals surface area contributed by atoms with E-state index in [2.05, 4.69) is 6.92 Å². The van der Waals surface area contributed by atoms with E-state index in [4.69, 9.17) is 5.73 Å². The first-order valence-electron chi connectivity index (χ1n) is 7.74. The summed E-state index contributed by atoms with van der Waals surface area (Å²) in [4.78, 5) is 0. The van der Waals surface area contributed by atoms with Crippen LogP contribution in [-0.4, -0.2) is 0 Å². The normalized spacial score (nSPS) is 10.9. The number of rotatable bonds is 14. The van der Waals surface area contributed by atoms with Crippen LogP contribution in [0, 0.1) is 13.5 Å². The van der Waals surface area contributed by atoms with E-state index in [-0.39, 0.29) is 0 Å². The van der Waals surface area contributed by atoms with E-state index in [1.807, 2.05) is 0 Å². The Morgan fingerprint density at radius 1 is 0.588 bits per heavy atom. The molecule has 0 saturated heterocycles. The summed E-state index contributed by atoms with van der Waals surface area (Å²) in [5, 5.41) is 0. The first-order valence-corrected chi connectivity index (χ1v) is 7.74. The Morgan fingerprint density at radius 2 is 0.941 bits per heavy atom. The molecular weight excluding hydrogens is 206 g/mol. The zero-order valence-corrected chi connectivity index (χ0v) is 11.8. The summed E-state index contributed by atoms with van der Waals surface area (Å²) in [5.41, 5.74) is 5.34. The van der Waals surface area contributed by atoms with Crippen molar-refractivity contribution in [3.05, 3.63) is 13.5 Å². The molecule has 0 aromatic heterocycles. The van der Waals surface area contributed by atoms with E-state index < -0.39 is 0 Å². The maximum atomic E-state index is 5.34. The second kappa shape index (κ2) is 16.0. The van der Waals surface area contributed by atoms with Gasteiger partial charge in [-0.3, -0.25) is 0 Å². The van der Waals surface area contributed by atoms with Crippen molar-refractivity contribution in [1.82, 2.24) is 0 Å². The van der Waals surface area contributed by atoms with Crippen LogP contribution in [-0.2, 0) is 0 Å². The van der Waals surface area contributed by atoms with Gasteiger partial charge < -0.3 is 5.73 Å². The minimum atomic E-state index is 1.09. The minimum Gasteiger partial charge on any atom is -0.326 e. The average Bonchev–Trinajstić information content (AvgIpc) is 2.35. The van der Waals surface area contributed by atoms with Crippen LogP contribution >= 0.6 is 0 Å². The number of hydrogen-bond acceptors (Lipinski definition) is 1. The zero-order chi connectivity index (χ0) is 12.6. The van der Waals surface area contributed by atoms with Crippen LogP contribution < -0.4 is 5.73 Å². The topological polar surface area (TPSA) is 26.0 Å². The van der Waals surface area contributed by atoms with Gasteiger partial charge in [-0.1, -0.05) is 90.4 Å². The third-order valence-electron chi connectivity index (χ3n) is 3.37. The van der Waals surface area contributed by atoms with Crippen LogP contribution in [0.15, 0.2) is 0 Å². The summed E-state index contributed by atoms with van der Waals surface area (Å²) < 4.78 is 0. The van der Waals surface area contributed by atoms with Gasteiger partial charge in [0.05, 0.1) is 0 Å². The van der Waals surface area contributed by atoms with E-state index in [1.165, 1.54) is 77.0 Å². The molecule has 0 atom stereocenters. The maximum absolute atomic E-state index is 5.34. The van der Waals surface area contributed by atoms with Crippen LogP contribution in [0.5, 0.6) is 0 Å².